The minimum Gasteiger partial charge on any atom is -0.493 e. The van der Waals surface area contributed by atoms with Crippen LogP contribution in [0.25, 0.3) is 0 Å². The standard InChI is InChI=1S/C8H7F2NO4/c1-14-6-3-2-5(11(12)13)4-7(6)15-8(9)10/h2-4,8H,1H3. The Morgan fingerprint density at radius 1 is 1.40 bits per heavy atom. The van der Waals surface area contributed by atoms with E-state index in [4.69, 9.17) is 4.74 Å². The van der Waals surface area contributed by atoms with Crippen molar-refractivity contribution in [2.24, 2.45) is 0 Å². The smallest absolute Gasteiger partial charge is 0.387 e. The van der Waals surface area contributed by atoms with E-state index in [-0.39, 0.29) is 17.2 Å². The zero-order chi connectivity index (χ0) is 11.4. The first-order chi connectivity index (χ1) is 7.04. The monoisotopic (exact) mass is 219 g/mol. The van der Waals surface area contributed by atoms with Gasteiger partial charge < -0.3 is 9.47 Å². The first-order valence-electron chi connectivity index (χ1n) is 3.82. The lowest BCUT2D eigenvalue weighted by Gasteiger charge is -2.08. The summed E-state index contributed by atoms with van der Waals surface area (Å²) in [5, 5.41) is 10.4. The maximum atomic E-state index is 11.9. The Kier molecular flexibility index (Phi) is 3.37. The summed E-state index contributed by atoms with van der Waals surface area (Å²) in [5.41, 5.74) is -0.341. The second kappa shape index (κ2) is 4.54. The molecule has 0 unspecified atom stereocenters. The van der Waals surface area contributed by atoms with Crippen molar-refractivity contribution in [1.82, 2.24) is 0 Å². The van der Waals surface area contributed by atoms with Gasteiger partial charge in [-0.15, -0.1) is 0 Å². The Morgan fingerprint density at radius 3 is 2.53 bits per heavy atom. The molecule has 0 saturated heterocycles. The van der Waals surface area contributed by atoms with Gasteiger partial charge in [-0.25, -0.2) is 0 Å². The van der Waals surface area contributed by atoms with E-state index in [1.807, 2.05) is 0 Å². The van der Waals surface area contributed by atoms with Gasteiger partial charge in [0, 0.05) is 6.07 Å². The molecule has 7 heteroatoms. The first kappa shape index (κ1) is 11.2. The van der Waals surface area contributed by atoms with Crippen LogP contribution in [-0.4, -0.2) is 18.6 Å². The lowest BCUT2D eigenvalue weighted by molar-refractivity contribution is -0.385. The van der Waals surface area contributed by atoms with E-state index in [9.17, 15) is 18.9 Å². The molecule has 15 heavy (non-hydrogen) atoms. The van der Waals surface area contributed by atoms with Gasteiger partial charge in [-0.3, -0.25) is 10.1 Å². The molecule has 0 amide bonds. The number of nitrogens with zero attached hydrogens (tertiary/aromatic N) is 1. The van der Waals surface area contributed by atoms with Crippen LogP contribution in [0.1, 0.15) is 0 Å². The van der Waals surface area contributed by atoms with E-state index in [0.717, 1.165) is 12.1 Å². The largest absolute Gasteiger partial charge is 0.493 e. The number of nitro benzene ring substituents is 1. The van der Waals surface area contributed by atoms with E-state index >= 15 is 0 Å². The summed E-state index contributed by atoms with van der Waals surface area (Å²) >= 11 is 0. The van der Waals surface area contributed by atoms with Crippen molar-refractivity contribution in [3.8, 4) is 11.5 Å². The summed E-state index contributed by atoms with van der Waals surface area (Å²) in [5.74, 6) is -0.345. The first-order valence-corrected chi connectivity index (χ1v) is 3.82. The number of ether oxygens (including phenoxy) is 2. The Morgan fingerprint density at radius 2 is 2.07 bits per heavy atom. The molecule has 0 aromatic heterocycles. The van der Waals surface area contributed by atoms with Crippen molar-refractivity contribution in [1.29, 1.82) is 0 Å². The molecule has 0 aliphatic rings. The van der Waals surface area contributed by atoms with Crippen molar-refractivity contribution < 1.29 is 23.2 Å². The molecule has 0 N–H and O–H groups in total. The van der Waals surface area contributed by atoms with Crippen molar-refractivity contribution in [2.45, 2.75) is 6.61 Å². The normalized spacial score (nSPS) is 10.1. The van der Waals surface area contributed by atoms with E-state index in [1.165, 1.54) is 13.2 Å². The molecule has 0 radical (unpaired) electrons. The fourth-order valence-corrected chi connectivity index (χ4v) is 0.967. The van der Waals surface area contributed by atoms with Crippen LogP contribution in [-0.2, 0) is 0 Å². The number of hydrogen-bond donors (Lipinski definition) is 0. The van der Waals surface area contributed by atoms with Crippen molar-refractivity contribution in [3.05, 3.63) is 28.3 Å². The predicted molar refractivity (Wildman–Crippen MR) is 46.3 cm³/mol. The number of benzene rings is 1. The average molecular weight is 219 g/mol. The third kappa shape index (κ3) is 2.76. The number of rotatable bonds is 4. The van der Waals surface area contributed by atoms with E-state index in [1.54, 1.807) is 0 Å². The molecular formula is C8H7F2NO4. The van der Waals surface area contributed by atoms with Gasteiger partial charge in [0.2, 0.25) is 0 Å². The van der Waals surface area contributed by atoms with E-state index in [0.29, 0.717) is 0 Å². The highest BCUT2D eigenvalue weighted by molar-refractivity contribution is 5.48. The molecule has 0 aliphatic heterocycles. The molecule has 1 aromatic rings. The fourth-order valence-electron chi connectivity index (χ4n) is 0.967. The van der Waals surface area contributed by atoms with Gasteiger partial charge >= 0.3 is 6.61 Å². The summed E-state index contributed by atoms with van der Waals surface area (Å²) < 4.78 is 32.6. The minimum atomic E-state index is -3.05. The van der Waals surface area contributed by atoms with Crippen LogP contribution >= 0.6 is 0 Å². The number of non-ortho nitro benzene ring substituents is 1. The number of halogens is 2. The maximum absolute atomic E-state index is 11.9. The summed E-state index contributed by atoms with van der Waals surface area (Å²) in [6.45, 7) is -3.05. The molecule has 0 bridgehead atoms. The molecule has 0 heterocycles. The third-order valence-corrected chi connectivity index (χ3v) is 1.57. The highest BCUT2D eigenvalue weighted by atomic mass is 19.3. The Balaban J connectivity index is 3.07. The zero-order valence-electron chi connectivity index (χ0n) is 7.65. The van der Waals surface area contributed by atoms with Crippen LogP contribution in [0.5, 0.6) is 11.5 Å². The van der Waals surface area contributed by atoms with Crippen LogP contribution in [0, 0.1) is 10.1 Å². The maximum Gasteiger partial charge on any atom is 0.387 e. The van der Waals surface area contributed by atoms with Crippen LogP contribution in [0.15, 0.2) is 18.2 Å². The SMILES string of the molecule is COc1ccc([N+](=O)[O-])cc1OC(F)F. The van der Waals surface area contributed by atoms with Gasteiger partial charge in [-0.2, -0.15) is 8.78 Å². The van der Waals surface area contributed by atoms with E-state index in [2.05, 4.69) is 4.74 Å². The van der Waals surface area contributed by atoms with Crippen molar-refractivity contribution in [3.63, 3.8) is 0 Å². The third-order valence-electron chi connectivity index (χ3n) is 1.57. The van der Waals surface area contributed by atoms with Gasteiger partial charge in [0.05, 0.1) is 18.1 Å². The van der Waals surface area contributed by atoms with Crippen LogP contribution in [0.3, 0.4) is 0 Å². The minimum absolute atomic E-state index is 0.0147. The topological polar surface area (TPSA) is 61.6 Å². The summed E-state index contributed by atoms with van der Waals surface area (Å²) in [6.07, 6.45) is 0. The zero-order valence-corrected chi connectivity index (χ0v) is 7.65. The highest BCUT2D eigenvalue weighted by Gasteiger charge is 2.15. The van der Waals surface area contributed by atoms with Gasteiger partial charge in [0.1, 0.15) is 0 Å². The molecule has 5 nitrogen and oxygen atoms in total. The highest BCUT2D eigenvalue weighted by Crippen LogP contribution is 2.32. The summed E-state index contributed by atoms with van der Waals surface area (Å²) in [4.78, 5) is 9.65. The lowest BCUT2D eigenvalue weighted by atomic mass is 10.3. The summed E-state index contributed by atoms with van der Waals surface area (Å²) in [7, 11) is 1.25. The fraction of sp³-hybridized carbons (Fsp3) is 0.250. The van der Waals surface area contributed by atoms with Crippen LogP contribution in [0.2, 0.25) is 0 Å². The molecule has 0 saturated carbocycles. The van der Waals surface area contributed by atoms with Gasteiger partial charge in [-0.05, 0) is 6.07 Å². The summed E-state index contributed by atoms with van der Waals surface area (Å²) in [6, 6.07) is 3.21. The van der Waals surface area contributed by atoms with Crippen LogP contribution < -0.4 is 9.47 Å². The number of nitro groups is 1. The Bertz CT molecular complexity index is 370. The molecule has 0 atom stereocenters. The van der Waals surface area contributed by atoms with E-state index < -0.39 is 11.5 Å². The predicted octanol–water partition coefficient (Wildman–Crippen LogP) is 2.20. The number of alkyl halides is 2. The van der Waals surface area contributed by atoms with Gasteiger partial charge in [0.25, 0.3) is 5.69 Å². The lowest BCUT2D eigenvalue weighted by Crippen LogP contribution is -2.04. The molecule has 0 aliphatic carbocycles. The second-order valence-corrected chi connectivity index (χ2v) is 2.47. The second-order valence-electron chi connectivity index (χ2n) is 2.47. The van der Waals surface area contributed by atoms with Crippen LogP contribution in [0.4, 0.5) is 14.5 Å². The Hall–Kier alpha value is -1.92. The molecule has 1 rings (SSSR count). The quantitative estimate of drug-likeness (QED) is 0.575. The molecule has 0 spiro atoms. The molecule has 0 fully saturated rings. The Labute approximate surface area is 83.4 Å². The number of methoxy groups -OCH3 is 1. The average Bonchev–Trinajstić information content (AvgIpc) is 2.16. The number of hydrogen-bond acceptors (Lipinski definition) is 4. The van der Waals surface area contributed by atoms with Gasteiger partial charge in [-0.1, -0.05) is 0 Å². The van der Waals surface area contributed by atoms with Crippen molar-refractivity contribution >= 4 is 5.69 Å². The van der Waals surface area contributed by atoms with Gasteiger partial charge in [0.15, 0.2) is 11.5 Å². The molecule has 82 valence electrons. The molecule has 1 aromatic carbocycles. The van der Waals surface area contributed by atoms with Crippen molar-refractivity contribution in [2.75, 3.05) is 7.11 Å². The molecular weight excluding hydrogens is 212 g/mol.